The molecular formula is C20H21NO3. The summed E-state index contributed by atoms with van der Waals surface area (Å²) in [6, 6.07) is 13.6. The fourth-order valence-electron chi connectivity index (χ4n) is 2.92. The van der Waals surface area contributed by atoms with E-state index in [4.69, 9.17) is 4.74 Å². The van der Waals surface area contributed by atoms with Gasteiger partial charge in [-0.25, -0.2) is 0 Å². The van der Waals surface area contributed by atoms with Crippen molar-refractivity contribution in [1.29, 1.82) is 0 Å². The summed E-state index contributed by atoms with van der Waals surface area (Å²) in [5.41, 5.74) is 5.43. The lowest BCUT2D eigenvalue weighted by Gasteiger charge is -2.08. The van der Waals surface area contributed by atoms with Crippen LogP contribution in [0.1, 0.15) is 28.7 Å². The number of anilines is 1. The molecule has 24 heavy (non-hydrogen) atoms. The first kappa shape index (κ1) is 16.2. The summed E-state index contributed by atoms with van der Waals surface area (Å²) in [5, 5.41) is 2.78. The molecule has 0 heterocycles. The molecule has 1 N–H and O–H groups in total. The molecule has 0 saturated heterocycles. The van der Waals surface area contributed by atoms with Crippen molar-refractivity contribution in [3.8, 4) is 0 Å². The van der Waals surface area contributed by atoms with Gasteiger partial charge in [-0.1, -0.05) is 35.9 Å². The summed E-state index contributed by atoms with van der Waals surface area (Å²) in [6.45, 7) is 1.73. The van der Waals surface area contributed by atoms with Crippen molar-refractivity contribution in [2.45, 2.75) is 32.6 Å². The first-order chi connectivity index (χ1) is 11.6. The highest BCUT2D eigenvalue weighted by molar-refractivity contribution is 5.93. The number of aryl methyl sites for hydroxylation is 3. The summed E-state index contributed by atoms with van der Waals surface area (Å²) < 4.78 is 5.05. The minimum Gasteiger partial charge on any atom is -0.455 e. The monoisotopic (exact) mass is 323 g/mol. The van der Waals surface area contributed by atoms with Crippen LogP contribution in [0.3, 0.4) is 0 Å². The molecule has 2 aromatic rings. The van der Waals surface area contributed by atoms with E-state index in [9.17, 15) is 9.59 Å². The number of amides is 1. The van der Waals surface area contributed by atoms with Gasteiger partial charge in [-0.15, -0.1) is 0 Å². The zero-order valence-corrected chi connectivity index (χ0v) is 13.8. The number of rotatable bonds is 5. The third-order valence-corrected chi connectivity index (χ3v) is 4.22. The van der Waals surface area contributed by atoms with Gasteiger partial charge in [0.15, 0.2) is 6.61 Å². The van der Waals surface area contributed by atoms with Crippen LogP contribution in [0.5, 0.6) is 0 Å². The second kappa shape index (κ2) is 7.30. The summed E-state index contributed by atoms with van der Waals surface area (Å²) in [7, 11) is 0. The average Bonchev–Trinajstić information content (AvgIpc) is 3.03. The van der Waals surface area contributed by atoms with Crippen molar-refractivity contribution >= 4 is 17.6 Å². The Bertz CT molecular complexity index is 750. The standard InChI is InChI=1S/C20H21NO3/c1-14-5-7-15(8-6-14)11-20(23)24-13-19(22)21-18-10-9-16-3-2-4-17(16)12-18/h5-10,12H,2-4,11,13H2,1H3,(H,21,22). The molecule has 0 saturated carbocycles. The van der Waals surface area contributed by atoms with Crippen LogP contribution in [0.4, 0.5) is 5.69 Å². The summed E-state index contributed by atoms with van der Waals surface area (Å²) in [5.74, 6) is -0.715. The molecule has 0 aliphatic heterocycles. The number of esters is 1. The number of hydrogen-bond acceptors (Lipinski definition) is 3. The van der Waals surface area contributed by atoms with E-state index < -0.39 is 5.97 Å². The summed E-state index contributed by atoms with van der Waals surface area (Å²) in [6.07, 6.45) is 3.51. The lowest BCUT2D eigenvalue weighted by Crippen LogP contribution is -2.21. The third kappa shape index (κ3) is 4.22. The molecule has 0 fully saturated rings. The lowest BCUT2D eigenvalue weighted by molar-refractivity contribution is -0.146. The van der Waals surface area contributed by atoms with Crippen LogP contribution in [-0.4, -0.2) is 18.5 Å². The van der Waals surface area contributed by atoms with Gasteiger partial charge in [0.2, 0.25) is 0 Å². The van der Waals surface area contributed by atoms with Gasteiger partial charge in [0.05, 0.1) is 6.42 Å². The van der Waals surface area contributed by atoms with Crippen LogP contribution in [0, 0.1) is 6.92 Å². The highest BCUT2D eigenvalue weighted by atomic mass is 16.5. The molecule has 0 bridgehead atoms. The maximum atomic E-state index is 11.9. The van der Waals surface area contributed by atoms with Gasteiger partial charge >= 0.3 is 5.97 Å². The van der Waals surface area contributed by atoms with Crippen LogP contribution in [0.25, 0.3) is 0 Å². The predicted molar refractivity (Wildman–Crippen MR) is 92.9 cm³/mol. The molecule has 3 rings (SSSR count). The van der Waals surface area contributed by atoms with E-state index in [1.54, 1.807) is 0 Å². The van der Waals surface area contributed by atoms with E-state index in [2.05, 4.69) is 11.4 Å². The summed E-state index contributed by atoms with van der Waals surface area (Å²) >= 11 is 0. The second-order valence-electron chi connectivity index (χ2n) is 6.21. The van der Waals surface area contributed by atoms with Gasteiger partial charge < -0.3 is 10.1 Å². The smallest absolute Gasteiger partial charge is 0.310 e. The Hall–Kier alpha value is -2.62. The Kier molecular flexibility index (Phi) is 4.94. The van der Waals surface area contributed by atoms with E-state index in [1.165, 1.54) is 17.5 Å². The van der Waals surface area contributed by atoms with E-state index in [0.717, 1.165) is 29.7 Å². The first-order valence-corrected chi connectivity index (χ1v) is 8.23. The molecule has 2 aromatic carbocycles. The fraction of sp³-hybridized carbons (Fsp3) is 0.300. The quantitative estimate of drug-likeness (QED) is 0.860. The van der Waals surface area contributed by atoms with Crippen molar-refractivity contribution in [2.24, 2.45) is 0 Å². The molecule has 0 atom stereocenters. The number of fused-ring (bicyclic) bond motifs is 1. The molecule has 1 aliphatic rings. The van der Waals surface area contributed by atoms with Crippen molar-refractivity contribution in [2.75, 3.05) is 11.9 Å². The Morgan fingerprint density at radius 1 is 1.04 bits per heavy atom. The van der Waals surface area contributed by atoms with Crippen molar-refractivity contribution < 1.29 is 14.3 Å². The maximum Gasteiger partial charge on any atom is 0.310 e. The minimum atomic E-state index is -0.400. The van der Waals surface area contributed by atoms with E-state index in [0.29, 0.717) is 0 Å². The zero-order chi connectivity index (χ0) is 16.9. The number of carbonyl (C=O) groups excluding carboxylic acids is 2. The number of nitrogens with one attached hydrogen (secondary N) is 1. The SMILES string of the molecule is Cc1ccc(CC(=O)OCC(=O)Nc2ccc3c(c2)CCC3)cc1. The zero-order valence-electron chi connectivity index (χ0n) is 13.8. The molecule has 0 spiro atoms. The Morgan fingerprint density at radius 3 is 2.58 bits per heavy atom. The van der Waals surface area contributed by atoms with Gasteiger partial charge in [0.1, 0.15) is 0 Å². The molecule has 0 radical (unpaired) electrons. The highest BCUT2D eigenvalue weighted by Crippen LogP contribution is 2.24. The van der Waals surface area contributed by atoms with Crippen LogP contribution < -0.4 is 5.32 Å². The molecule has 4 heteroatoms. The van der Waals surface area contributed by atoms with E-state index >= 15 is 0 Å². The van der Waals surface area contributed by atoms with Crippen LogP contribution in [0.2, 0.25) is 0 Å². The van der Waals surface area contributed by atoms with Gasteiger partial charge in [-0.05, 0) is 55.0 Å². The van der Waals surface area contributed by atoms with Crippen molar-refractivity contribution in [1.82, 2.24) is 0 Å². The van der Waals surface area contributed by atoms with E-state index in [-0.39, 0.29) is 18.9 Å². The van der Waals surface area contributed by atoms with Gasteiger partial charge in [0, 0.05) is 5.69 Å². The van der Waals surface area contributed by atoms with Gasteiger partial charge in [0.25, 0.3) is 5.91 Å². The van der Waals surface area contributed by atoms with Crippen molar-refractivity contribution in [3.05, 3.63) is 64.7 Å². The molecule has 0 unspecified atom stereocenters. The molecule has 1 amide bonds. The number of carbonyl (C=O) groups is 2. The fourth-order valence-corrected chi connectivity index (χ4v) is 2.92. The maximum absolute atomic E-state index is 11.9. The Balaban J connectivity index is 1.46. The lowest BCUT2D eigenvalue weighted by atomic mass is 10.1. The number of hydrogen-bond donors (Lipinski definition) is 1. The molecule has 124 valence electrons. The third-order valence-electron chi connectivity index (χ3n) is 4.22. The topological polar surface area (TPSA) is 55.4 Å². The van der Waals surface area contributed by atoms with Crippen molar-refractivity contribution in [3.63, 3.8) is 0 Å². The minimum absolute atomic E-state index is 0.173. The molecular weight excluding hydrogens is 302 g/mol. The second-order valence-corrected chi connectivity index (χ2v) is 6.21. The van der Waals surface area contributed by atoms with Crippen LogP contribution in [-0.2, 0) is 33.6 Å². The number of ether oxygens (including phenoxy) is 1. The largest absolute Gasteiger partial charge is 0.455 e. The highest BCUT2D eigenvalue weighted by Gasteiger charge is 2.13. The Morgan fingerprint density at radius 2 is 1.79 bits per heavy atom. The Labute approximate surface area is 141 Å². The van der Waals surface area contributed by atoms with E-state index in [1.807, 2.05) is 43.3 Å². The van der Waals surface area contributed by atoms with Crippen LogP contribution >= 0.6 is 0 Å². The van der Waals surface area contributed by atoms with Crippen LogP contribution in [0.15, 0.2) is 42.5 Å². The molecule has 4 nitrogen and oxygen atoms in total. The molecule has 0 aromatic heterocycles. The summed E-state index contributed by atoms with van der Waals surface area (Å²) in [4.78, 5) is 23.7. The normalized spacial score (nSPS) is 12.5. The number of benzene rings is 2. The van der Waals surface area contributed by atoms with Gasteiger partial charge in [-0.2, -0.15) is 0 Å². The first-order valence-electron chi connectivity index (χ1n) is 8.23. The molecule has 1 aliphatic carbocycles. The predicted octanol–water partition coefficient (Wildman–Crippen LogP) is 3.21. The average molecular weight is 323 g/mol. The van der Waals surface area contributed by atoms with Gasteiger partial charge in [-0.3, -0.25) is 9.59 Å².